The molecule has 0 spiro atoms. The quantitative estimate of drug-likeness (QED) is 0.861. The Balaban J connectivity index is 1.81. The van der Waals surface area contributed by atoms with Crippen LogP contribution in [0.5, 0.6) is 0 Å². The molecule has 0 unspecified atom stereocenters. The van der Waals surface area contributed by atoms with Crippen molar-refractivity contribution in [3.8, 4) is 0 Å². The number of hydrogen-bond acceptors (Lipinski definition) is 2. The second-order valence-electron chi connectivity index (χ2n) is 6.71. The Morgan fingerprint density at radius 3 is 2.28 bits per heavy atom. The molecule has 2 aromatic carbocycles. The Bertz CT molecular complexity index is 740. The van der Waals surface area contributed by atoms with E-state index in [0.29, 0.717) is 19.5 Å². The van der Waals surface area contributed by atoms with E-state index in [-0.39, 0.29) is 24.3 Å². The zero-order chi connectivity index (χ0) is 17.8. The van der Waals surface area contributed by atoms with Crippen molar-refractivity contribution in [3.05, 3.63) is 71.3 Å². The molecule has 4 nitrogen and oxygen atoms in total. The number of carbonyl (C=O) groups is 2. The van der Waals surface area contributed by atoms with Crippen LogP contribution in [0.15, 0.2) is 54.6 Å². The maximum Gasteiger partial charge on any atom is 0.241 e. The van der Waals surface area contributed by atoms with E-state index in [4.69, 9.17) is 0 Å². The van der Waals surface area contributed by atoms with Gasteiger partial charge in [-0.25, -0.2) is 0 Å². The summed E-state index contributed by atoms with van der Waals surface area (Å²) >= 11 is 0. The summed E-state index contributed by atoms with van der Waals surface area (Å²) in [5.41, 5.74) is 3.46. The van der Waals surface area contributed by atoms with Gasteiger partial charge in [-0.2, -0.15) is 0 Å². The third-order valence-corrected chi connectivity index (χ3v) is 4.87. The second kappa shape index (κ2) is 7.51. The summed E-state index contributed by atoms with van der Waals surface area (Å²) < 4.78 is 0. The molecule has 0 saturated carbocycles. The average Bonchev–Trinajstić information content (AvgIpc) is 2.63. The fourth-order valence-electron chi connectivity index (χ4n) is 3.19. The lowest BCUT2D eigenvalue weighted by atomic mass is 9.87. The number of nitrogens with zero attached hydrogens (tertiary/aromatic N) is 2. The van der Waals surface area contributed by atoms with Crippen molar-refractivity contribution >= 4 is 11.8 Å². The topological polar surface area (TPSA) is 40.6 Å². The smallest absolute Gasteiger partial charge is 0.241 e. The summed E-state index contributed by atoms with van der Waals surface area (Å²) in [6, 6.07) is 18.5. The number of carbonyl (C=O) groups excluding carboxylic acids is 2. The van der Waals surface area contributed by atoms with Crippen molar-refractivity contribution in [2.75, 3.05) is 26.7 Å². The van der Waals surface area contributed by atoms with E-state index in [1.165, 1.54) is 5.56 Å². The Morgan fingerprint density at radius 1 is 1.00 bits per heavy atom. The molecule has 4 heteroatoms. The summed E-state index contributed by atoms with van der Waals surface area (Å²) in [5.74, 6) is 0.0473. The first-order chi connectivity index (χ1) is 12.0. The highest BCUT2D eigenvalue weighted by Crippen LogP contribution is 2.29. The van der Waals surface area contributed by atoms with E-state index in [1.807, 2.05) is 18.2 Å². The predicted octanol–water partition coefficient (Wildman–Crippen LogP) is 2.82. The molecule has 3 rings (SSSR count). The number of hydrogen-bond donors (Lipinski definition) is 0. The Morgan fingerprint density at radius 2 is 1.64 bits per heavy atom. The van der Waals surface area contributed by atoms with E-state index in [0.717, 1.165) is 11.1 Å². The first-order valence-electron chi connectivity index (χ1n) is 8.68. The normalized spacial score (nSPS) is 16.0. The van der Waals surface area contributed by atoms with Gasteiger partial charge in [0.1, 0.15) is 0 Å². The molecule has 1 heterocycles. The van der Waals surface area contributed by atoms with Gasteiger partial charge in [0.25, 0.3) is 0 Å². The lowest BCUT2D eigenvalue weighted by molar-refractivity contribution is -0.144. The number of piperazine rings is 1. The summed E-state index contributed by atoms with van der Waals surface area (Å²) in [7, 11) is 1.78. The number of aryl methyl sites for hydroxylation is 1. The minimum atomic E-state index is 0.00376. The molecule has 0 aromatic heterocycles. The Kier molecular flexibility index (Phi) is 5.17. The first kappa shape index (κ1) is 17.2. The lowest BCUT2D eigenvalue weighted by Crippen LogP contribution is -2.50. The van der Waals surface area contributed by atoms with Crippen molar-refractivity contribution in [2.24, 2.45) is 0 Å². The van der Waals surface area contributed by atoms with Crippen LogP contribution in [0, 0.1) is 6.92 Å². The van der Waals surface area contributed by atoms with Crippen LogP contribution in [0.4, 0.5) is 0 Å². The maximum atomic E-state index is 12.8. The fraction of sp³-hybridized carbons (Fsp3) is 0.333. The van der Waals surface area contributed by atoms with E-state index in [2.05, 4.69) is 43.3 Å². The standard InChI is InChI=1S/C21H24N2O2/c1-16-8-10-18(11-9-16)19(17-6-4-3-5-7-17)14-20(24)23-13-12-22(2)21(25)15-23/h3-11,19H,12-15H2,1-2H3/t19-/m0/s1. The molecule has 0 aliphatic carbocycles. The van der Waals surface area contributed by atoms with Gasteiger partial charge in [-0.3, -0.25) is 9.59 Å². The van der Waals surface area contributed by atoms with Crippen LogP contribution >= 0.6 is 0 Å². The summed E-state index contributed by atoms with van der Waals surface area (Å²) in [6.45, 7) is 3.45. The second-order valence-corrected chi connectivity index (χ2v) is 6.71. The van der Waals surface area contributed by atoms with Crippen LogP contribution in [0.2, 0.25) is 0 Å². The van der Waals surface area contributed by atoms with Crippen molar-refractivity contribution in [1.29, 1.82) is 0 Å². The summed E-state index contributed by atoms with van der Waals surface area (Å²) in [6.07, 6.45) is 0.379. The highest BCUT2D eigenvalue weighted by Gasteiger charge is 2.27. The minimum absolute atomic E-state index is 0.00376. The molecule has 25 heavy (non-hydrogen) atoms. The van der Waals surface area contributed by atoms with Crippen molar-refractivity contribution in [2.45, 2.75) is 19.3 Å². The highest BCUT2D eigenvalue weighted by molar-refractivity contribution is 5.86. The molecular formula is C21H24N2O2. The molecule has 0 bridgehead atoms. The highest BCUT2D eigenvalue weighted by atomic mass is 16.2. The zero-order valence-electron chi connectivity index (χ0n) is 14.8. The SMILES string of the molecule is Cc1ccc([C@@H](CC(=O)N2CCN(C)C(=O)C2)c2ccccc2)cc1. The molecule has 1 atom stereocenters. The molecule has 1 fully saturated rings. The van der Waals surface area contributed by atoms with E-state index >= 15 is 0 Å². The van der Waals surface area contributed by atoms with Crippen LogP contribution in [-0.4, -0.2) is 48.3 Å². The van der Waals surface area contributed by atoms with Crippen molar-refractivity contribution < 1.29 is 9.59 Å². The predicted molar refractivity (Wildman–Crippen MR) is 98.3 cm³/mol. The van der Waals surface area contributed by atoms with Crippen molar-refractivity contribution in [3.63, 3.8) is 0 Å². The largest absolute Gasteiger partial charge is 0.342 e. The van der Waals surface area contributed by atoms with Crippen LogP contribution < -0.4 is 0 Å². The van der Waals surface area contributed by atoms with Gasteiger partial charge in [-0.1, -0.05) is 60.2 Å². The number of amides is 2. The van der Waals surface area contributed by atoms with Crippen LogP contribution in [0.3, 0.4) is 0 Å². The molecule has 1 saturated heterocycles. The Labute approximate surface area is 149 Å². The lowest BCUT2D eigenvalue weighted by Gasteiger charge is -2.33. The van der Waals surface area contributed by atoms with E-state index in [1.54, 1.807) is 16.8 Å². The van der Waals surface area contributed by atoms with Crippen LogP contribution in [0.1, 0.15) is 29.0 Å². The van der Waals surface area contributed by atoms with Crippen molar-refractivity contribution in [1.82, 2.24) is 9.80 Å². The molecule has 0 N–H and O–H groups in total. The third kappa shape index (κ3) is 4.08. The van der Waals surface area contributed by atoms with Gasteiger partial charge in [-0.05, 0) is 18.1 Å². The molecule has 130 valence electrons. The monoisotopic (exact) mass is 336 g/mol. The number of benzene rings is 2. The number of rotatable bonds is 4. The minimum Gasteiger partial charge on any atom is -0.342 e. The average molecular weight is 336 g/mol. The maximum absolute atomic E-state index is 12.8. The van der Waals surface area contributed by atoms with E-state index in [9.17, 15) is 9.59 Å². The molecule has 2 aromatic rings. The van der Waals surface area contributed by atoms with Gasteiger partial charge in [-0.15, -0.1) is 0 Å². The van der Waals surface area contributed by atoms with Gasteiger partial charge in [0.05, 0.1) is 6.54 Å². The van der Waals surface area contributed by atoms with Gasteiger partial charge in [0, 0.05) is 32.5 Å². The number of likely N-dealkylation sites (N-methyl/N-ethyl adjacent to an activating group) is 1. The summed E-state index contributed by atoms with van der Waals surface area (Å²) in [5, 5.41) is 0. The van der Waals surface area contributed by atoms with Gasteiger partial charge in [0.2, 0.25) is 11.8 Å². The third-order valence-electron chi connectivity index (χ3n) is 4.87. The zero-order valence-corrected chi connectivity index (χ0v) is 14.8. The van der Waals surface area contributed by atoms with Gasteiger partial charge in [0.15, 0.2) is 0 Å². The molecule has 2 amide bonds. The van der Waals surface area contributed by atoms with Gasteiger partial charge < -0.3 is 9.80 Å². The molecule has 1 aliphatic heterocycles. The Hall–Kier alpha value is -2.62. The van der Waals surface area contributed by atoms with Crippen LogP contribution in [-0.2, 0) is 9.59 Å². The van der Waals surface area contributed by atoms with Gasteiger partial charge >= 0.3 is 0 Å². The molecular weight excluding hydrogens is 312 g/mol. The molecule has 0 radical (unpaired) electrons. The van der Waals surface area contributed by atoms with E-state index < -0.39 is 0 Å². The first-order valence-corrected chi connectivity index (χ1v) is 8.68. The summed E-state index contributed by atoms with van der Waals surface area (Å²) in [4.78, 5) is 28.1. The molecule has 1 aliphatic rings. The van der Waals surface area contributed by atoms with Crippen LogP contribution in [0.25, 0.3) is 0 Å². The fourth-order valence-corrected chi connectivity index (χ4v) is 3.19.